The zero-order chi connectivity index (χ0) is 24.5. The lowest BCUT2D eigenvalue weighted by atomic mass is 10.1. The van der Waals surface area contributed by atoms with Crippen molar-refractivity contribution in [3.05, 3.63) is 120 Å². The first-order valence-electron chi connectivity index (χ1n) is 10.1. The summed E-state index contributed by atoms with van der Waals surface area (Å²) in [7, 11) is 0. The summed E-state index contributed by atoms with van der Waals surface area (Å²) in [5, 5.41) is 0. The number of esters is 2. The van der Waals surface area contributed by atoms with E-state index in [1.54, 1.807) is 36.4 Å². The molecule has 0 aliphatic carbocycles. The van der Waals surface area contributed by atoms with Crippen LogP contribution in [0.5, 0.6) is 11.5 Å². The SMILES string of the molecule is C=CC(=O)Oc1ccc(C#Cc2ccc(C#Cc3ccc(OC(=O)C(=C)C)cc3F)cc2)cc1. The average molecular weight is 450 g/mol. The van der Waals surface area contributed by atoms with Crippen molar-refractivity contribution in [1.29, 1.82) is 0 Å². The Morgan fingerprint density at radius 2 is 1.29 bits per heavy atom. The number of benzene rings is 3. The molecule has 0 aliphatic heterocycles. The number of carbonyl (C=O) groups is 2. The van der Waals surface area contributed by atoms with Crippen molar-refractivity contribution >= 4 is 11.9 Å². The van der Waals surface area contributed by atoms with Gasteiger partial charge in [-0.2, -0.15) is 0 Å². The second-order valence-corrected chi connectivity index (χ2v) is 7.04. The molecule has 0 atom stereocenters. The molecule has 0 spiro atoms. The van der Waals surface area contributed by atoms with E-state index < -0.39 is 17.8 Å². The van der Waals surface area contributed by atoms with Crippen molar-refractivity contribution in [2.45, 2.75) is 6.92 Å². The number of halogens is 1. The van der Waals surface area contributed by atoms with Gasteiger partial charge in [0.25, 0.3) is 0 Å². The first-order valence-corrected chi connectivity index (χ1v) is 10.1. The Kier molecular flexibility index (Phi) is 7.79. The molecule has 5 heteroatoms. The van der Waals surface area contributed by atoms with Gasteiger partial charge in [-0.25, -0.2) is 14.0 Å². The van der Waals surface area contributed by atoms with Gasteiger partial charge in [0, 0.05) is 34.4 Å². The monoisotopic (exact) mass is 450 g/mol. The van der Waals surface area contributed by atoms with Gasteiger partial charge in [-0.3, -0.25) is 0 Å². The molecule has 0 unspecified atom stereocenters. The van der Waals surface area contributed by atoms with Crippen molar-refractivity contribution < 1.29 is 23.5 Å². The first-order chi connectivity index (χ1) is 16.3. The van der Waals surface area contributed by atoms with E-state index in [9.17, 15) is 14.0 Å². The van der Waals surface area contributed by atoms with Crippen LogP contribution in [0.2, 0.25) is 0 Å². The van der Waals surface area contributed by atoms with Crippen LogP contribution in [-0.4, -0.2) is 11.9 Å². The van der Waals surface area contributed by atoms with Crippen molar-refractivity contribution in [1.82, 2.24) is 0 Å². The van der Waals surface area contributed by atoms with E-state index in [1.807, 2.05) is 12.1 Å². The number of hydrogen-bond acceptors (Lipinski definition) is 4. The Morgan fingerprint density at radius 1 is 0.794 bits per heavy atom. The van der Waals surface area contributed by atoms with Crippen molar-refractivity contribution in [2.24, 2.45) is 0 Å². The summed E-state index contributed by atoms with van der Waals surface area (Å²) in [6.07, 6.45) is 1.10. The summed E-state index contributed by atoms with van der Waals surface area (Å²) < 4.78 is 24.3. The van der Waals surface area contributed by atoms with Gasteiger partial charge in [-0.05, 0) is 67.6 Å². The Balaban J connectivity index is 1.65. The fourth-order valence-corrected chi connectivity index (χ4v) is 2.54. The molecule has 4 nitrogen and oxygen atoms in total. The molecule has 0 fully saturated rings. The Labute approximate surface area is 197 Å². The van der Waals surface area contributed by atoms with Crippen LogP contribution in [-0.2, 0) is 9.59 Å². The molecule has 0 saturated carbocycles. The summed E-state index contributed by atoms with van der Waals surface area (Å²) in [5.41, 5.74) is 2.64. The number of carbonyl (C=O) groups excluding carboxylic acids is 2. The highest BCUT2D eigenvalue weighted by atomic mass is 19.1. The first kappa shape index (κ1) is 23.8. The molecule has 3 rings (SSSR count). The topological polar surface area (TPSA) is 52.6 Å². The standard InChI is InChI=1S/C29H19FO4/c1-4-28(31)33-25-16-12-23(13-17-25)10-7-21-5-8-22(9-6-21)11-14-24-15-18-26(19-27(24)30)34-29(32)20(2)3/h4-6,8-9,12-13,15-19H,1-2H2,3H3. The molecule has 166 valence electrons. The highest BCUT2D eigenvalue weighted by molar-refractivity contribution is 5.88. The lowest BCUT2D eigenvalue weighted by Crippen LogP contribution is -2.08. The maximum absolute atomic E-state index is 14.3. The fraction of sp³-hybridized carbons (Fsp3) is 0.0345. The molecule has 0 aromatic heterocycles. The predicted molar refractivity (Wildman–Crippen MR) is 128 cm³/mol. The van der Waals surface area contributed by atoms with Crippen molar-refractivity contribution in [3.63, 3.8) is 0 Å². The highest BCUT2D eigenvalue weighted by Gasteiger charge is 2.08. The largest absolute Gasteiger partial charge is 0.423 e. The molecule has 3 aromatic rings. The Hall–Kier alpha value is -4.87. The third-order valence-corrected chi connectivity index (χ3v) is 4.32. The average Bonchev–Trinajstić information content (AvgIpc) is 2.83. The lowest BCUT2D eigenvalue weighted by molar-refractivity contribution is -0.130. The molecule has 0 radical (unpaired) electrons. The van der Waals surface area contributed by atoms with Crippen LogP contribution in [0.1, 0.15) is 29.2 Å². The summed E-state index contributed by atoms with van der Waals surface area (Å²) in [5.74, 6) is 10.5. The van der Waals surface area contributed by atoms with Crippen molar-refractivity contribution in [3.8, 4) is 35.2 Å². The van der Waals surface area contributed by atoms with E-state index in [2.05, 4.69) is 36.8 Å². The van der Waals surface area contributed by atoms with Crippen LogP contribution in [0.25, 0.3) is 0 Å². The second kappa shape index (κ2) is 11.1. The quantitative estimate of drug-likeness (QED) is 0.237. The van der Waals surface area contributed by atoms with E-state index in [0.717, 1.165) is 23.3 Å². The summed E-state index contributed by atoms with van der Waals surface area (Å²) >= 11 is 0. The van der Waals surface area contributed by atoms with Crippen LogP contribution >= 0.6 is 0 Å². The number of hydrogen-bond donors (Lipinski definition) is 0. The van der Waals surface area contributed by atoms with E-state index in [0.29, 0.717) is 11.3 Å². The third kappa shape index (κ3) is 6.82. The Morgan fingerprint density at radius 3 is 1.79 bits per heavy atom. The van der Waals surface area contributed by atoms with E-state index >= 15 is 0 Å². The minimum Gasteiger partial charge on any atom is -0.423 e. The van der Waals surface area contributed by atoms with E-state index in [1.165, 1.54) is 19.1 Å². The lowest BCUT2D eigenvalue weighted by Gasteiger charge is -2.04. The summed E-state index contributed by atoms with van der Waals surface area (Å²) in [6.45, 7) is 8.35. The maximum Gasteiger partial charge on any atom is 0.338 e. The molecule has 0 saturated heterocycles. The predicted octanol–water partition coefficient (Wildman–Crippen LogP) is 5.20. The molecule has 0 N–H and O–H groups in total. The third-order valence-electron chi connectivity index (χ3n) is 4.32. The fourth-order valence-electron chi connectivity index (χ4n) is 2.54. The minimum absolute atomic E-state index is 0.0893. The van der Waals surface area contributed by atoms with Gasteiger partial charge in [-0.1, -0.05) is 36.8 Å². The number of rotatable bonds is 4. The second-order valence-electron chi connectivity index (χ2n) is 7.04. The summed E-state index contributed by atoms with van der Waals surface area (Å²) in [6, 6.07) is 18.0. The highest BCUT2D eigenvalue weighted by Crippen LogP contribution is 2.17. The van der Waals surface area contributed by atoms with Crippen LogP contribution in [0, 0.1) is 29.5 Å². The molecule has 0 amide bonds. The molecular weight excluding hydrogens is 431 g/mol. The normalized spacial score (nSPS) is 9.47. The van der Waals surface area contributed by atoms with Crippen LogP contribution in [0.3, 0.4) is 0 Å². The van der Waals surface area contributed by atoms with Gasteiger partial charge in [0.05, 0.1) is 5.56 Å². The summed E-state index contributed by atoms with van der Waals surface area (Å²) in [4.78, 5) is 22.7. The molecule has 0 bridgehead atoms. The molecule has 0 aliphatic rings. The van der Waals surface area contributed by atoms with Crippen LogP contribution < -0.4 is 9.47 Å². The van der Waals surface area contributed by atoms with Crippen molar-refractivity contribution in [2.75, 3.05) is 0 Å². The van der Waals surface area contributed by atoms with Gasteiger partial charge in [0.1, 0.15) is 17.3 Å². The minimum atomic E-state index is -0.618. The van der Waals surface area contributed by atoms with Gasteiger partial charge >= 0.3 is 11.9 Å². The van der Waals surface area contributed by atoms with E-state index in [-0.39, 0.29) is 16.9 Å². The van der Waals surface area contributed by atoms with Gasteiger partial charge in [0.2, 0.25) is 0 Å². The van der Waals surface area contributed by atoms with Gasteiger partial charge in [0.15, 0.2) is 0 Å². The molecule has 34 heavy (non-hydrogen) atoms. The zero-order valence-corrected chi connectivity index (χ0v) is 18.4. The molecule has 0 heterocycles. The smallest absolute Gasteiger partial charge is 0.338 e. The van der Waals surface area contributed by atoms with Crippen LogP contribution in [0.15, 0.2) is 91.5 Å². The molecular formula is C29H19FO4. The van der Waals surface area contributed by atoms with Gasteiger partial charge < -0.3 is 9.47 Å². The zero-order valence-electron chi connectivity index (χ0n) is 18.4. The number of ether oxygens (including phenoxy) is 2. The molecule has 3 aromatic carbocycles. The maximum atomic E-state index is 14.3. The Bertz CT molecular complexity index is 1380. The van der Waals surface area contributed by atoms with Gasteiger partial charge in [-0.15, -0.1) is 0 Å². The van der Waals surface area contributed by atoms with Crippen LogP contribution in [0.4, 0.5) is 4.39 Å². The van der Waals surface area contributed by atoms with E-state index in [4.69, 9.17) is 9.47 Å².